The van der Waals surface area contributed by atoms with Gasteiger partial charge in [-0.15, -0.1) is 0 Å². The highest BCUT2D eigenvalue weighted by Gasteiger charge is 2.30. The van der Waals surface area contributed by atoms with Crippen LogP contribution in [0.2, 0.25) is 0 Å². The van der Waals surface area contributed by atoms with E-state index in [1.54, 1.807) is 10.9 Å². The number of fused-ring (bicyclic) bond motifs is 1. The minimum Gasteiger partial charge on any atom is -0.366 e. The largest absolute Gasteiger partial charge is 0.416 e. The van der Waals surface area contributed by atoms with E-state index < -0.39 is 11.7 Å². The molecule has 0 fully saturated rings. The van der Waals surface area contributed by atoms with Crippen LogP contribution >= 0.6 is 0 Å². The monoisotopic (exact) mass is 321 g/mol. The topological polar surface area (TPSA) is 55.6 Å². The fraction of sp³-hybridized carbons (Fsp3) is 0.267. The summed E-state index contributed by atoms with van der Waals surface area (Å²) in [6, 6.07) is 3.85. The van der Waals surface area contributed by atoms with Crippen molar-refractivity contribution >= 4 is 16.9 Å². The van der Waals surface area contributed by atoms with Gasteiger partial charge < -0.3 is 5.32 Å². The number of alkyl halides is 3. The minimum absolute atomic E-state index is 0.169. The maximum atomic E-state index is 12.7. The molecule has 1 N–H and O–H groups in total. The lowest BCUT2D eigenvalue weighted by atomic mass is 10.2. The SMILES string of the molecule is Cc1nn(C)c2ncc(CNc3cc(C(F)(F)F)ccn3)cc12. The number of nitrogens with one attached hydrogen (secondary N) is 1. The lowest BCUT2D eigenvalue weighted by Crippen LogP contribution is -2.07. The van der Waals surface area contributed by atoms with E-state index in [1.807, 2.05) is 20.0 Å². The van der Waals surface area contributed by atoms with E-state index in [9.17, 15) is 13.2 Å². The van der Waals surface area contributed by atoms with Gasteiger partial charge in [-0.3, -0.25) is 4.68 Å². The number of rotatable bonds is 3. The molecule has 0 bridgehead atoms. The summed E-state index contributed by atoms with van der Waals surface area (Å²) in [4.78, 5) is 8.23. The maximum absolute atomic E-state index is 12.7. The molecule has 0 aliphatic heterocycles. The van der Waals surface area contributed by atoms with Crippen molar-refractivity contribution in [3.63, 3.8) is 0 Å². The highest BCUT2D eigenvalue weighted by atomic mass is 19.4. The lowest BCUT2D eigenvalue weighted by Gasteiger charge is -2.09. The number of aryl methyl sites for hydroxylation is 2. The zero-order chi connectivity index (χ0) is 16.6. The molecular formula is C15H14F3N5. The van der Waals surface area contributed by atoms with E-state index in [1.165, 1.54) is 0 Å². The Morgan fingerprint density at radius 3 is 2.74 bits per heavy atom. The predicted molar refractivity (Wildman–Crippen MR) is 79.8 cm³/mol. The van der Waals surface area contributed by atoms with Gasteiger partial charge in [0.05, 0.1) is 11.3 Å². The number of halogens is 3. The molecular weight excluding hydrogens is 307 g/mol. The van der Waals surface area contributed by atoms with Crippen molar-refractivity contribution in [2.24, 2.45) is 7.05 Å². The normalized spacial score (nSPS) is 11.9. The maximum Gasteiger partial charge on any atom is 0.416 e. The Labute approximate surface area is 130 Å². The van der Waals surface area contributed by atoms with Crippen molar-refractivity contribution in [1.82, 2.24) is 19.7 Å². The summed E-state index contributed by atoms with van der Waals surface area (Å²) >= 11 is 0. The van der Waals surface area contributed by atoms with Gasteiger partial charge in [-0.1, -0.05) is 0 Å². The van der Waals surface area contributed by atoms with Crippen LogP contribution in [-0.2, 0) is 19.8 Å². The van der Waals surface area contributed by atoms with Crippen molar-refractivity contribution < 1.29 is 13.2 Å². The summed E-state index contributed by atoms with van der Waals surface area (Å²) in [5.74, 6) is 0.169. The molecule has 0 atom stereocenters. The molecule has 0 aliphatic rings. The second-order valence-corrected chi connectivity index (χ2v) is 5.20. The van der Waals surface area contributed by atoms with Crippen LogP contribution in [0, 0.1) is 6.92 Å². The first-order valence-corrected chi connectivity index (χ1v) is 6.90. The van der Waals surface area contributed by atoms with E-state index in [0.29, 0.717) is 6.54 Å². The summed E-state index contributed by atoms with van der Waals surface area (Å²) < 4.78 is 39.7. The van der Waals surface area contributed by atoms with Crippen molar-refractivity contribution in [2.75, 3.05) is 5.32 Å². The average Bonchev–Trinajstić information content (AvgIpc) is 2.79. The molecule has 23 heavy (non-hydrogen) atoms. The molecule has 120 valence electrons. The number of nitrogens with zero attached hydrogens (tertiary/aromatic N) is 4. The second-order valence-electron chi connectivity index (χ2n) is 5.20. The smallest absolute Gasteiger partial charge is 0.366 e. The Bertz CT molecular complexity index is 854. The summed E-state index contributed by atoms with van der Waals surface area (Å²) in [6.45, 7) is 2.21. The Hall–Kier alpha value is -2.64. The first-order chi connectivity index (χ1) is 10.8. The molecule has 3 rings (SSSR count). The van der Waals surface area contributed by atoms with E-state index in [2.05, 4.69) is 20.4 Å². The van der Waals surface area contributed by atoms with E-state index >= 15 is 0 Å². The highest BCUT2D eigenvalue weighted by Crippen LogP contribution is 2.30. The lowest BCUT2D eigenvalue weighted by molar-refractivity contribution is -0.137. The molecule has 0 radical (unpaired) electrons. The molecule has 0 amide bonds. The Kier molecular flexibility index (Phi) is 3.67. The van der Waals surface area contributed by atoms with Gasteiger partial charge in [0.25, 0.3) is 0 Å². The van der Waals surface area contributed by atoms with Crippen molar-refractivity contribution in [1.29, 1.82) is 0 Å². The fourth-order valence-electron chi connectivity index (χ4n) is 2.34. The van der Waals surface area contributed by atoms with Crippen molar-refractivity contribution in [3.05, 3.63) is 47.4 Å². The van der Waals surface area contributed by atoms with Crippen molar-refractivity contribution in [3.8, 4) is 0 Å². The first-order valence-electron chi connectivity index (χ1n) is 6.90. The summed E-state index contributed by atoms with van der Waals surface area (Å²) in [5, 5.41) is 8.09. The molecule has 0 aromatic carbocycles. The molecule has 0 saturated carbocycles. The number of pyridine rings is 2. The zero-order valence-electron chi connectivity index (χ0n) is 12.5. The third kappa shape index (κ3) is 3.10. The van der Waals surface area contributed by atoms with Gasteiger partial charge in [0.15, 0.2) is 5.65 Å². The standard InChI is InChI=1S/C15H14F3N5/c1-9-12-5-10(8-21-14(12)23(2)22-9)7-20-13-6-11(3-4-19-13)15(16,17)18/h3-6,8H,7H2,1-2H3,(H,19,20). The van der Waals surface area contributed by atoms with Crippen LogP contribution in [0.3, 0.4) is 0 Å². The fourth-order valence-corrected chi connectivity index (χ4v) is 2.34. The molecule has 0 unspecified atom stereocenters. The number of hydrogen-bond acceptors (Lipinski definition) is 4. The second kappa shape index (κ2) is 5.53. The third-order valence-electron chi connectivity index (χ3n) is 3.48. The Balaban J connectivity index is 1.80. The number of anilines is 1. The van der Waals surface area contributed by atoms with Crippen LogP contribution in [0.1, 0.15) is 16.8 Å². The molecule has 0 saturated heterocycles. The summed E-state index contributed by atoms with van der Waals surface area (Å²) in [5.41, 5.74) is 1.73. The van der Waals surface area contributed by atoms with Crippen LogP contribution in [-0.4, -0.2) is 19.7 Å². The molecule has 0 aliphatic carbocycles. The first kappa shape index (κ1) is 15.3. The van der Waals surface area contributed by atoms with Gasteiger partial charge in [-0.25, -0.2) is 9.97 Å². The molecule has 3 aromatic rings. The third-order valence-corrected chi connectivity index (χ3v) is 3.48. The summed E-state index contributed by atoms with van der Waals surface area (Å²) in [6.07, 6.45) is -1.57. The predicted octanol–water partition coefficient (Wildman–Crippen LogP) is 3.30. The number of aromatic nitrogens is 4. The molecule has 8 heteroatoms. The highest BCUT2D eigenvalue weighted by molar-refractivity contribution is 5.78. The molecule has 0 spiro atoms. The van der Waals surface area contributed by atoms with E-state index in [4.69, 9.17) is 0 Å². The van der Waals surface area contributed by atoms with Crippen molar-refractivity contribution in [2.45, 2.75) is 19.6 Å². The van der Waals surface area contributed by atoms with E-state index in [0.717, 1.165) is 40.6 Å². The van der Waals surface area contributed by atoms with Crippen LogP contribution in [0.15, 0.2) is 30.6 Å². The van der Waals surface area contributed by atoms with Gasteiger partial charge in [-0.2, -0.15) is 18.3 Å². The minimum atomic E-state index is -4.38. The molecule has 3 heterocycles. The van der Waals surface area contributed by atoms with Gasteiger partial charge in [0.1, 0.15) is 5.82 Å². The van der Waals surface area contributed by atoms with Gasteiger partial charge >= 0.3 is 6.18 Å². The van der Waals surface area contributed by atoms with Gasteiger partial charge in [0.2, 0.25) is 0 Å². The zero-order valence-corrected chi connectivity index (χ0v) is 12.5. The van der Waals surface area contributed by atoms with Crippen LogP contribution < -0.4 is 5.32 Å². The Morgan fingerprint density at radius 1 is 1.22 bits per heavy atom. The van der Waals surface area contributed by atoms with E-state index in [-0.39, 0.29) is 5.82 Å². The van der Waals surface area contributed by atoms with Gasteiger partial charge in [0, 0.05) is 31.4 Å². The van der Waals surface area contributed by atoms with Crippen LogP contribution in [0.25, 0.3) is 11.0 Å². The summed E-state index contributed by atoms with van der Waals surface area (Å²) in [7, 11) is 1.81. The molecule has 3 aromatic heterocycles. The van der Waals surface area contributed by atoms with Crippen LogP contribution in [0.5, 0.6) is 0 Å². The number of hydrogen-bond donors (Lipinski definition) is 1. The average molecular weight is 321 g/mol. The molecule has 5 nitrogen and oxygen atoms in total. The van der Waals surface area contributed by atoms with Crippen LogP contribution in [0.4, 0.5) is 19.0 Å². The Morgan fingerprint density at radius 2 is 2.00 bits per heavy atom. The van der Waals surface area contributed by atoms with Gasteiger partial charge in [-0.05, 0) is 30.7 Å². The quantitative estimate of drug-likeness (QED) is 0.804.